The Kier molecular flexibility index (Phi) is 3.19. The van der Waals surface area contributed by atoms with Gasteiger partial charge in [0.25, 0.3) is 0 Å². The number of carbonyl (C=O) groups is 1. The zero-order chi connectivity index (χ0) is 10.6. The third-order valence-corrected chi connectivity index (χ3v) is 1.97. The first-order valence-electron chi connectivity index (χ1n) is 4.20. The zero-order valence-corrected chi connectivity index (χ0v) is 8.14. The summed E-state index contributed by atoms with van der Waals surface area (Å²) in [7, 11) is 1.59. The van der Waals surface area contributed by atoms with Gasteiger partial charge in [0, 0.05) is 20.2 Å². The van der Waals surface area contributed by atoms with Crippen molar-refractivity contribution in [3.8, 4) is 6.07 Å². The molecule has 0 saturated carbocycles. The van der Waals surface area contributed by atoms with Crippen LogP contribution >= 0.6 is 0 Å². The molecule has 0 bridgehead atoms. The molecule has 1 unspecified atom stereocenters. The molecule has 0 aliphatic heterocycles. The fourth-order valence-corrected chi connectivity index (χ4v) is 1.07. The summed E-state index contributed by atoms with van der Waals surface area (Å²) in [6, 6.07) is 6.73. The maximum Gasteiger partial charge on any atom is 0.220 e. The number of rotatable bonds is 2. The van der Waals surface area contributed by atoms with Crippen LogP contribution in [0, 0.1) is 11.3 Å². The van der Waals surface area contributed by atoms with Crippen molar-refractivity contribution in [1.82, 2.24) is 9.88 Å². The summed E-state index contributed by atoms with van der Waals surface area (Å²) in [4.78, 5) is 16.5. The van der Waals surface area contributed by atoms with Crippen molar-refractivity contribution in [3.63, 3.8) is 0 Å². The largest absolute Gasteiger partial charge is 0.325 e. The fourth-order valence-electron chi connectivity index (χ4n) is 1.07. The molecule has 1 heterocycles. The van der Waals surface area contributed by atoms with Crippen molar-refractivity contribution in [1.29, 1.82) is 5.26 Å². The summed E-state index contributed by atoms with van der Waals surface area (Å²) in [5.41, 5.74) is 0.590. The lowest BCUT2D eigenvalue weighted by atomic mass is 10.2. The van der Waals surface area contributed by atoms with Crippen molar-refractivity contribution >= 4 is 5.91 Å². The summed E-state index contributed by atoms with van der Waals surface area (Å²) in [5, 5.41) is 8.91. The van der Waals surface area contributed by atoms with Crippen LogP contribution in [0.4, 0.5) is 0 Å². The minimum atomic E-state index is -0.603. The molecule has 72 valence electrons. The highest BCUT2D eigenvalue weighted by Crippen LogP contribution is 2.15. The Morgan fingerprint density at radius 2 is 2.36 bits per heavy atom. The van der Waals surface area contributed by atoms with Crippen molar-refractivity contribution in [2.75, 3.05) is 7.05 Å². The average molecular weight is 189 g/mol. The number of aromatic nitrogens is 1. The molecule has 0 aliphatic carbocycles. The molecule has 0 saturated heterocycles. The standard InChI is InChI=1S/C10H11N3O/c1-8(14)13(2)10(7-11)9-5-3-4-6-12-9/h3-6,10H,1-2H3. The highest BCUT2D eigenvalue weighted by molar-refractivity contribution is 5.73. The third-order valence-electron chi connectivity index (χ3n) is 1.97. The average Bonchev–Trinajstić information content (AvgIpc) is 2.20. The van der Waals surface area contributed by atoms with E-state index in [0.717, 1.165) is 0 Å². The van der Waals surface area contributed by atoms with Crippen LogP contribution in [0.1, 0.15) is 18.7 Å². The second-order valence-electron chi connectivity index (χ2n) is 2.92. The van der Waals surface area contributed by atoms with E-state index < -0.39 is 6.04 Å². The Balaban J connectivity index is 2.95. The quantitative estimate of drug-likeness (QED) is 0.700. The van der Waals surface area contributed by atoms with Crippen LogP contribution < -0.4 is 0 Å². The Labute approximate surface area is 82.8 Å². The van der Waals surface area contributed by atoms with Gasteiger partial charge in [-0.15, -0.1) is 0 Å². The van der Waals surface area contributed by atoms with E-state index in [0.29, 0.717) is 5.69 Å². The van der Waals surface area contributed by atoms with E-state index in [1.165, 1.54) is 11.8 Å². The molecule has 0 radical (unpaired) electrons. The predicted molar refractivity (Wildman–Crippen MR) is 51.0 cm³/mol. The normalized spacial score (nSPS) is 11.5. The summed E-state index contributed by atoms with van der Waals surface area (Å²) in [5.74, 6) is -0.151. The first-order chi connectivity index (χ1) is 6.66. The Bertz CT molecular complexity index is 355. The number of nitriles is 1. The summed E-state index contributed by atoms with van der Waals surface area (Å²) in [6.07, 6.45) is 1.60. The molecule has 1 rings (SSSR count). The van der Waals surface area contributed by atoms with Gasteiger partial charge in [-0.2, -0.15) is 5.26 Å². The smallest absolute Gasteiger partial charge is 0.220 e. The Morgan fingerprint density at radius 1 is 1.64 bits per heavy atom. The number of amides is 1. The second-order valence-corrected chi connectivity index (χ2v) is 2.92. The molecule has 1 aromatic rings. The van der Waals surface area contributed by atoms with E-state index in [2.05, 4.69) is 4.98 Å². The lowest BCUT2D eigenvalue weighted by Crippen LogP contribution is -2.28. The van der Waals surface area contributed by atoms with Crippen LogP contribution in [0.2, 0.25) is 0 Å². The van der Waals surface area contributed by atoms with Gasteiger partial charge in [0.05, 0.1) is 11.8 Å². The molecule has 1 atom stereocenters. The van der Waals surface area contributed by atoms with E-state index in [4.69, 9.17) is 5.26 Å². The van der Waals surface area contributed by atoms with Crippen LogP contribution in [-0.2, 0) is 4.79 Å². The van der Waals surface area contributed by atoms with Crippen molar-refractivity contribution in [3.05, 3.63) is 30.1 Å². The first kappa shape index (κ1) is 10.2. The maximum atomic E-state index is 11.1. The molecule has 1 amide bonds. The van der Waals surface area contributed by atoms with Gasteiger partial charge >= 0.3 is 0 Å². The molecule has 14 heavy (non-hydrogen) atoms. The Hall–Kier alpha value is -1.89. The van der Waals surface area contributed by atoms with E-state index in [1.54, 1.807) is 31.4 Å². The molecule has 1 aromatic heterocycles. The number of hydrogen-bond acceptors (Lipinski definition) is 3. The highest BCUT2D eigenvalue weighted by atomic mass is 16.2. The second kappa shape index (κ2) is 4.38. The SMILES string of the molecule is CC(=O)N(C)C(C#N)c1ccccn1. The number of carbonyl (C=O) groups excluding carboxylic acids is 1. The lowest BCUT2D eigenvalue weighted by Gasteiger charge is -2.20. The van der Waals surface area contributed by atoms with Crippen LogP contribution in [0.5, 0.6) is 0 Å². The summed E-state index contributed by atoms with van der Waals surface area (Å²) < 4.78 is 0. The zero-order valence-electron chi connectivity index (χ0n) is 8.14. The lowest BCUT2D eigenvalue weighted by molar-refractivity contribution is -0.128. The van der Waals surface area contributed by atoms with E-state index >= 15 is 0 Å². The van der Waals surface area contributed by atoms with Crippen LogP contribution in [-0.4, -0.2) is 22.8 Å². The van der Waals surface area contributed by atoms with Gasteiger partial charge in [0.15, 0.2) is 6.04 Å². The number of hydrogen-bond donors (Lipinski definition) is 0. The van der Waals surface area contributed by atoms with Crippen LogP contribution in [0.3, 0.4) is 0 Å². The van der Waals surface area contributed by atoms with Gasteiger partial charge in [-0.25, -0.2) is 0 Å². The Morgan fingerprint density at radius 3 is 2.79 bits per heavy atom. The van der Waals surface area contributed by atoms with Crippen molar-refractivity contribution in [2.45, 2.75) is 13.0 Å². The first-order valence-corrected chi connectivity index (χ1v) is 4.20. The molecular formula is C10H11N3O. The van der Waals surface area contributed by atoms with E-state index in [-0.39, 0.29) is 5.91 Å². The van der Waals surface area contributed by atoms with E-state index in [1.807, 2.05) is 6.07 Å². The molecule has 0 spiro atoms. The molecule has 4 nitrogen and oxygen atoms in total. The summed E-state index contributed by atoms with van der Waals surface area (Å²) in [6.45, 7) is 1.42. The van der Waals surface area contributed by atoms with Gasteiger partial charge < -0.3 is 4.90 Å². The van der Waals surface area contributed by atoms with Gasteiger partial charge in [0.2, 0.25) is 5.91 Å². The van der Waals surface area contributed by atoms with Gasteiger partial charge in [-0.1, -0.05) is 6.07 Å². The number of pyridine rings is 1. The highest BCUT2D eigenvalue weighted by Gasteiger charge is 2.18. The maximum absolute atomic E-state index is 11.1. The number of nitrogens with zero attached hydrogens (tertiary/aromatic N) is 3. The fraction of sp³-hybridized carbons (Fsp3) is 0.300. The molecule has 0 aliphatic rings. The third kappa shape index (κ3) is 2.07. The minimum absolute atomic E-state index is 0.151. The van der Waals surface area contributed by atoms with Crippen LogP contribution in [0.15, 0.2) is 24.4 Å². The molecular weight excluding hydrogens is 178 g/mol. The molecule has 0 N–H and O–H groups in total. The van der Waals surface area contributed by atoms with E-state index in [9.17, 15) is 4.79 Å². The molecule has 4 heteroatoms. The topological polar surface area (TPSA) is 57.0 Å². The minimum Gasteiger partial charge on any atom is -0.325 e. The van der Waals surface area contributed by atoms with Gasteiger partial charge in [0.1, 0.15) is 0 Å². The van der Waals surface area contributed by atoms with Crippen molar-refractivity contribution in [2.24, 2.45) is 0 Å². The van der Waals surface area contributed by atoms with Crippen molar-refractivity contribution < 1.29 is 4.79 Å². The monoisotopic (exact) mass is 189 g/mol. The summed E-state index contributed by atoms with van der Waals surface area (Å²) >= 11 is 0. The predicted octanol–water partition coefficient (Wildman–Crippen LogP) is 1.12. The molecule has 0 fully saturated rings. The molecule has 0 aromatic carbocycles. The van der Waals surface area contributed by atoms with Gasteiger partial charge in [-0.05, 0) is 12.1 Å². The van der Waals surface area contributed by atoms with Gasteiger partial charge in [-0.3, -0.25) is 9.78 Å². The van der Waals surface area contributed by atoms with Crippen LogP contribution in [0.25, 0.3) is 0 Å².